The van der Waals surface area contributed by atoms with Gasteiger partial charge in [-0.3, -0.25) is 14.6 Å². The molecular formula is C14H18N2O4. The first-order valence-corrected chi connectivity index (χ1v) is 6.55. The van der Waals surface area contributed by atoms with Gasteiger partial charge in [0.2, 0.25) is 0 Å². The summed E-state index contributed by atoms with van der Waals surface area (Å²) in [6, 6.07) is 3.28. The molecule has 1 aromatic rings. The Balaban J connectivity index is 2.02. The average Bonchev–Trinajstić information content (AvgIpc) is 2.45. The van der Waals surface area contributed by atoms with Crippen molar-refractivity contribution < 1.29 is 19.4 Å². The van der Waals surface area contributed by atoms with E-state index in [1.165, 1.54) is 0 Å². The van der Waals surface area contributed by atoms with Crippen LogP contribution in [0.5, 0.6) is 0 Å². The number of nitrogens with one attached hydrogen (secondary N) is 1. The van der Waals surface area contributed by atoms with Crippen LogP contribution in [0.4, 0.5) is 0 Å². The van der Waals surface area contributed by atoms with E-state index in [0.29, 0.717) is 31.6 Å². The lowest BCUT2D eigenvalue weighted by molar-refractivity contribution is -0.154. The molecule has 6 heteroatoms. The predicted molar refractivity (Wildman–Crippen MR) is 71.4 cm³/mol. The molecule has 2 heterocycles. The van der Waals surface area contributed by atoms with Gasteiger partial charge in [-0.25, -0.2) is 0 Å². The van der Waals surface area contributed by atoms with E-state index in [2.05, 4.69) is 10.3 Å². The summed E-state index contributed by atoms with van der Waals surface area (Å²) < 4.78 is 5.20. The Morgan fingerprint density at radius 2 is 2.15 bits per heavy atom. The summed E-state index contributed by atoms with van der Waals surface area (Å²) in [6.07, 6.45) is 2.39. The lowest BCUT2D eigenvalue weighted by atomic mass is 9.80. The smallest absolute Gasteiger partial charge is 0.311 e. The van der Waals surface area contributed by atoms with E-state index in [0.717, 1.165) is 5.69 Å². The van der Waals surface area contributed by atoms with E-state index in [1.54, 1.807) is 25.3 Å². The van der Waals surface area contributed by atoms with Crippen molar-refractivity contribution in [1.29, 1.82) is 0 Å². The molecule has 0 radical (unpaired) electrons. The van der Waals surface area contributed by atoms with Crippen molar-refractivity contribution >= 4 is 11.9 Å². The predicted octanol–water partition coefficient (Wildman–Crippen LogP) is 1.00. The van der Waals surface area contributed by atoms with Crippen LogP contribution in [0.25, 0.3) is 0 Å². The highest BCUT2D eigenvalue weighted by molar-refractivity contribution is 5.94. The van der Waals surface area contributed by atoms with Crippen LogP contribution in [-0.4, -0.2) is 41.7 Å². The second-order valence-corrected chi connectivity index (χ2v) is 5.07. The van der Waals surface area contributed by atoms with Crippen LogP contribution in [0.15, 0.2) is 18.3 Å². The van der Waals surface area contributed by atoms with Crippen LogP contribution < -0.4 is 5.32 Å². The minimum absolute atomic E-state index is 0.117. The van der Waals surface area contributed by atoms with Gasteiger partial charge in [0.1, 0.15) is 0 Å². The number of hydrogen-bond acceptors (Lipinski definition) is 4. The molecule has 1 aliphatic rings. The minimum atomic E-state index is -0.921. The number of aryl methyl sites for hydroxylation is 1. The van der Waals surface area contributed by atoms with E-state index in [9.17, 15) is 14.7 Å². The van der Waals surface area contributed by atoms with Gasteiger partial charge in [0, 0.05) is 37.2 Å². The van der Waals surface area contributed by atoms with E-state index >= 15 is 0 Å². The average molecular weight is 278 g/mol. The second kappa shape index (κ2) is 6.00. The molecule has 2 N–H and O–H groups in total. The van der Waals surface area contributed by atoms with Gasteiger partial charge in [-0.15, -0.1) is 0 Å². The lowest BCUT2D eigenvalue weighted by Gasteiger charge is -2.33. The number of amides is 1. The summed E-state index contributed by atoms with van der Waals surface area (Å²) in [5.74, 6) is -1.16. The van der Waals surface area contributed by atoms with Crippen LogP contribution in [0, 0.1) is 12.3 Å². The molecule has 6 nitrogen and oxygen atoms in total. The molecule has 1 amide bonds. The number of carbonyl (C=O) groups is 2. The number of carboxylic acid groups (broad SMARTS) is 1. The lowest BCUT2D eigenvalue weighted by Crippen LogP contribution is -2.46. The molecule has 0 aliphatic carbocycles. The molecule has 1 aliphatic heterocycles. The van der Waals surface area contributed by atoms with Gasteiger partial charge in [-0.2, -0.15) is 0 Å². The summed E-state index contributed by atoms with van der Waals surface area (Å²) in [4.78, 5) is 27.5. The number of pyridine rings is 1. The largest absolute Gasteiger partial charge is 0.481 e. The molecule has 20 heavy (non-hydrogen) atoms. The van der Waals surface area contributed by atoms with E-state index in [4.69, 9.17) is 4.74 Å². The van der Waals surface area contributed by atoms with E-state index in [-0.39, 0.29) is 12.5 Å². The Morgan fingerprint density at radius 3 is 2.75 bits per heavy atom. The zero-order valence-corrected chi connectivity index (χ0v) is 11.4. The Hall–Kier alpha value is -1.95. The molecule has 0 saturated carbocycles. The molecule has 1 saturated heterocycles. The summed E-state index contributed by atoms with van der Waals surface area (Å²) in [6.45, 7) is 2.74. The van der Waals surface area contributed by atoms with Crippen molar-refractivity contribution in [3.63, 3.8) is 0 Å². The van der Waals surface area contributed by atoms with Crippen molar-refractivity contribution in [3.8, 4) is 0 Å². The van der Waals surface area contributed by atoms with Gasteiger partial charge >= 0.3 is 5.97 Å². The van der Waals surface area contributed by atoms with Crippen molar-refractivity contribution in [2.24, 2.45) is 5.41 Å². The highest BCUT2D eigenvalue weighted by atomic mass is 16.5. The number of hydrogen-bond donors (Lipinski definition) is 2. The Morgan fingerprint density at radius 1 is 1.45 bits per heavy atom. The number of nitrogens with zero attached hydrogens (tertiary/aromatic N) is 1. The highest BCUT2D eigenvalue weighted by Gasteiger charge is 2.40. The molecular weight excluding hydrogens is 260 g/mol. The standard InChI is InChI=1S/C14H18N2O4/c1-10-8-11(2-5-15-10)12(17)16-9-14(13(18)19)3-6-20-7-4-14/h2,5,8H,3-4,6-7,9H2,1H3,(H,16,17)(H,18,19). The Labute approximate surface area is 117 Å². The quantitative estimate of drug-likeness (QED) is 0.857. The number of carboxylic acids is 1. The first kappa shape index (κ1) is 14.5. The second-order valence-electron chi connectivity index (χ2n) is 5.07. The van der Waals surface area contributed by atoms with Gasteiger partial charge in [0.05, 0.1) is 5.41 Å². The molecule has 108 valence electrons. The third-order valence-electron chi connectivity index (χ3n) is 3.65. The molecule has 2 rings (SSSR count). The number of aromatic nitrogens is 1. The van der Waals surface area contributed by atoms with Crippen LogP contribution in [0.1, 0.15) is 28.9 Å². The third-order valence-corrected chi connectivity index (χ3v) is 3.65. The van der Waals surface area contributed by atoms with Gasteiger partial charge in [-0.1, -0.05) is 0 Å². The van der Waals surface area contributed by atoms with Crippen molar-refractivity contribution in [1.82, 2.24) is 10.3 Å². The maximum Gasteiger partial charge on any atom is 0.311 e. The zero-order valence-electron chi connectivity index (χ0n) is 11.4. The van der Waals surface area contributed by atoms with E-state index in [1.807, 2.05) is 0 Å². The van der Waals surface area contributed by atoms with Crippen LogP contribution in [0.3, 0.4) is 0 Å². The number of ether oxygens (including phenoxy) is 1. The van der Waals surface area contributed by atoms with E-state index < -0.39 is 11.4 Å². The van der Waals surface area contributed by atoms with Crippen molar-refractivity contribution in [2.45, 2.75) is 19.8 Å². The SMILES string of the molecule is Cc1cc(C(=O)NCC2(C(=O)O)CCOCC2)ccn1. The fourth-order valence-corrected chi connectivity index (χ4v) is 2.27. The topological polar surface area (TPSA) is 88.5 Å². The summed E-state index contributed by atoms with van der Waals surface area (Å²) in [5, 5.41) is 12.1. The van der Waals surface area contributed by atoms with Gasteiger partial charge in [0.25, 0.3) is 5.91 Å². The van der Waals surface area contributed by atoms with Crippen LogP contribution in [0.2, 0.25) is 0 Å². The number of rotatable bonds is 4. The maximum absolute atomic E-state index is 12.0. The molecule has 0 aromatic carbocycles. The summed E-state index contributed by atoms with van der Waals surface area (Å²) in [5.41, 5.74) is 0.317. The van der Waals surface area contributed by atoms with Gasteiger partial charge in [0.15, 0.2) is 0 Å². The first-order valence-electron chi connectivity index (χ1n) is 6.55. The van der Waals surface area contributed by atoms with Gasteiger partial charge < -0.3 is 15.2 Å². The Kier molecular flexibility index (Phi) is 4.34. The number of aliphatic carboxylic acids is 1. The molecule has 0 bridgehead atoms. The molecule has 1 aromatic heterocycles. The van der Waals surface area contributed by atoms with Crippen LogP contribution in [-0.2, 0) is 9.53 Å². The normalized spacial score (nSPS) is 17.4. The summed E-state index contributed by atoms with van der Waals surface area (Å²) in [7, 11) is 0. The fraction of sp³-hybridized carbons (Fsp3) is 0.500. The Bertz CT molecular complexity index is 510. The monoisotopic (exact) mass is 278 g/mol. The van der Waals surface area contributed by atoms with Crippen molar-refractivity contribution in [3.05, 3.63) is 29.6 Å². The fourth-order valence-electron chi connectivity index (χ4n) is 2.27. The molecule has 1 fully saturated rings. The first-order chi connectivity index (χ1) is 9.53. The zero-order chi connectivity index (χ0) is 14.6. The molecule has 0 unspecified atom stereocenters. The van der Waals surface area contributed by atoms with Gasteiger partial charge in [-0.05, 0) is 31.9 Å². The molecule has 0 spiro atoms. The number of carbonyl (C=O) groups excluding carboxylic acids is 1. The minimum Gasteiger partial charge on any atom is -0.481 e. The van der Waals surface area contributed by atoms with Crippen molar-refractivity contribution in [2.75, 3.05) is 19.8 Å². The summed E-state index contributed by atoms with van der Waals surface area (Å²) >= 11 is 0. The maximum atomic E-state index is 12.0. The molecule has 0 atom stereocenters. The third kappa shape index (κ3) is 3.14. The van der Waals surface area contributed by atoms with Crippen LogP contribution >= 0.6 is 0 Å². The highest BCUT2D eigenvalue weighted by Crippen LogP contribution is 2.30.